The first kappa shape index (κ1) is 25.1. The van der Waals surface area contributed by atoms with Gasteiger partial charge in [-0.1, -0.05) is 12.1 Å². The quantitative estimate of drug-likeness (QED) is 0.353. The molecule has 3 aromatic carbocycles. The zero-order valence-corrected chi connectivity index (χ0v) is 20.0. The number of nitrogens with one attached hydrogen (secondary N) is 2. The third kappa shape index (κ3) is 5.31. The lowest BCUT2D eigenvalue weighted by molar-refractivity contribution is -0.147. The van der Waals surface area contributed by atoms with Crippen LogP contribution in [0.3, 0.4) is 0 Å². The molecule has 0 radical (unpaired) electrons. The minimum Gasteiger partial charge on any atom is -0.507 e. The van der Waals surface area contributed by atoms with Gasteiger partial charge >= 0.3 is 11.9 Å². The molecule has 188 valence electrons. The number of aromatic hydroxyl groups is 1. The zero-order valence-electron chi connectivity index (χ0n) is 19.2. The van der Waals surface area contributed by atoms with Crippen LogP contribution in [0.1, 0.15) is 28.7 Å². The lowest BCUT2D eigenvalue weighted by Gasteiger charge is -2.18. The highest BCUT2D eigenvalue weighted by Gasteiger charge is 2.25. The number of amides is 1. The number of carboxylic acids is 1. The number of anilines is 1. The molecular weight excluding hydrogens is 491 g/mol. The van der Waals surface area contributed by atoms with Gasteiger partial charge in [-0.05, 0) is 73.2 Å². The molecule has 0 unspecified atom stereocenters. The molecule has 0 aromatic heterocycles. The van der Waals surface area contributed by atoms with Crippen molar-refractivity contribution in [2.75, 3.05) is 5.32 Å². The molecule has 9 nitrogen and oxygen atoms in total. The largest absolute Gasteiger partial charge is 0.507 e. The number of hydrogen-bond acceptors (Lipinski definition) is 6. The van der Waals surface area contributed by atoms with Crippen molar-refractivity contribution in [1.82, 2.24) is 4.72 Å². The van der Waals surface area contributed by atoms with E-state index in [-0.39, 0.29) is 17.2 Å². The lowest BCUT2D eigenvalue weighted by atomic mass is 10.0. The van der Waals surface area contributed by atoms with Crippen LogP contribution in [0.2, 0.25) is 0 Å². The Morgan fingerprint density at radius 3 is 2.44 bits per heavy atom. The Labute approximate surface area is 206 Å². The Bertz CT molecular complexity index is 1450. The number of ether oxygens (including phenoxy) is 1. The molecule has 0 spiro atoms. The number of phenolic OH excluding ortho intramolecular Hbond substituents is 1. The first-order valence-electron chi connectivity index (χ1n) is 11.0. The van der Waals surface area contributed by atoms with Gasteiger partial charge in [-0.2, -0.15) is 0 Å². The van der Waals surface area contributed by atoms with Gasteiger partial charge in [0, 0.05) is 23.9 Å². The first-order chi connectivity index (χ1) is 17.0. The van der Waals surface area contributed by atoms with Crippen LogP contribution in [-0.2, 0) is 39.0 Å². The molecule has 0 bridgehead atoms. The van der Waals surface area contributed by atoms with Gasteiger partial charge in [0.2, 0.25) is 10.0 Å². The Morgan fingerprint density at radius 1 is 1.06 bits per heavy atom. The highest BCUT2D eigenvalue weighted by molar-refractivity contribution is 7.89. The second kappa shape index (κ2) is 9.96. The molecule has 4 rings (SSSR count). The van der Waals surface area contributed by atoms with Gasteiger partial charge in [-0.3, -0.25) is 4.79 Å². The van der Waals surface area contributed by atoms with Gasteiger partial charge in [-0.25, -0.2) is 22.3 Å². The van der Waals surface area contributed by atoms with E-state index < -0.39 is 33.5 Å². The van der Waals surface area contributed by atoms with E-state index in [9.17, 15) is 27.5 Å². The Hall–Kier alpha value is -3.96. The number of aliphatic carboxylic acids is 1. The normalized spacial score (nSPS) is 12.7. The minimum absolute atomic E-state index is 0.108. The number of fused-ring (bicyclic) bond motifs is 1. The SMILES string of the molecule is Cc1cc(NC(=O)C(=O)O)c2c(c1Oc1ccc(O)c(S(=O)(=O)NCc3ccc(F)cc3)c1)CCC2. The molecule has 3 aromatic rings. The summed E-state index contributed by atoms with van der Waals surface area (Å²) in [5, 5.41) is 21.5. The van der Waals surface area contributed by atoms with Crippen molar-refractivity contribution in [3.63, 3.8) is 0 Å². The number of carboxylic acid groups (broad SMARTS) is 1. The summed E-state index contributed by atoms with van der Waals surface area (Å²) < 4.78 is 47.3. The average Bonchev–Trinajstić information content (AvgIpc) is 3.32. The monoisotopic (exact) mass is 514 g/mol. The van der Waals surface area contributed by atoms with E-state index >= 15 is 0 Å². The molecule has 0 heterocycles. The number of carbonyl (C=O) groups excluding carboxylic acids is 1. The maximum Gasteiger partial charge on any atom is 0.394 e. The molecular formula is C25H23FN2O7S. The summed E-state index contributed by atoms with van der Waals surface area (Å²) in [6, 6.07) is 10.8. The van der Waals surface area contributed by atoms with E-state index in [2.05, 4.69) is 10.0 Å². The van der Waals surface area contributed by atoms with Crippen molar-refractivity contribution in [3.05, 3.63) is 76.6 Å². The van der Waals surface area contributed by atoms with Crippen LogP contribution in [0.25, 0.3) is 0 Å². The fraction of sp³-hybridized carbons (Fsp3) is 0.200. The number of halogens is 1. The number of sulfonamides is 1. The molecule has 0 saturated heterocycles. The van der Waals surface area contributed by atoms with Crippen molar-refractivity contribution in [3.8, 4) is 17.2 Å². The summed E-state index contributed by atoms with van der Waals surface area (Å²) in [6.07, 6.45) is 2.02. The van der Waals surface area contributed by atoms with Gasteiger partial charge in [0.05, 0.1) is 0 Å². The molecule has 1 aliphatic rings. The number of phenols is 1. The van der Waals surface area contributed by atoms with E-state index in [1.54, 1.807) is 13.0 Å². The van der Waals surface area contributed by atoms with Gasteiger partial charge in [0.1, 0.15) is 28.0 Å². The third-order valence-electron chi connectivity index (χ3n) is 5.80. The van der Waals surface area contributed by atoms with Crippen molar-refractivity contribution in [1.29, 1.82) is 0 Å². The van der Waals surface area contributed by atoms with Crippen molar-refractivity contribution < 1.29 is 37.3 Å². The number of aryl methyl sites for hydroxylation is 1. The average molecular weight is 515 g/mol. The highest BCUT2D eigenvalue weighted by atomic mass is 32.2. The van der Waals surface area contributed by atoms with E-state index in [1.807, 2.05) is 0 Å². The number of hydrogen-bond donors (Lipinski definition) is 4. The van der Waals surface area contributed by atoms with Crippen LogP contribution in [-0.4, -0.2) is 30.5 Å². The summed E-state index contributed by atoms with van der Waals surface area (Å²) in [5.41, 5.74) is 3.11. The second-order valence-corrected chi connectivity index (χ2v) is 10.1. The van der Waals surface area contributed by atoms with Crippen molar-refractivity contribution in [2.24, 2.45) is 0 Å². The van der Waals surface area contributed by atoms with Crippen LogP contribution in [0.4, 0.5) is 10.1 Å². The van der Waals surface area contributed by atoms with Crippen LogP contribution >= 0.6 is 0 Å². The molecule has 0 fully saturated rings. The topological polar surface area (TPSA) is 142 Å². The zero-order chi connectivity index (χ0) is 26.0. The Kier molecular flexibility index (Phi) is 6.95. The summed E-state index contributed by atoms with van der Waals surface area (Å²) in [6.45, 7) is 1.62. The molecule has 0 saturated carbocycles. The summed E-state index contributed by atoms with van der Waals surface area (Å²) in [4.78, 5) is 22.2. The maximum atomic E-state index is 13.1. The minimum atomic E-state index is -4.14. The van der Waals surface area contributed by atoms with E-state index in [4.69, 9.17) is 9.84 Å². The number of rotatable bonds is 7. The number of benzene rings is 3. The molecule has 0 atom stereocenters. The van der Waals surface area contributed by atoms with Crippen LogP contribution in [0, 0.1) is 12.7 Å². The molecule has 1 amide bonds. The van der Waals surface area contributed by atoms with Crippen LogP contribution < -0.4 is 14.8 Å². The molecule has 4 N–H and O–H groups in total. The highest BCUT2D eigenvalue weighted by Crippen LogP contribution is 2.41. The van der Waals surface area contributed by atoms with Gasteiger partial charge in [0.15, 0.2) is 0 Å². The number of carbonyl (C=O) groups is 2. The van der Waals surface area contributed by atoms with E-state index in [0.29, 0.717) is 35.4 Å². The van der Waals surface area contributed by atoms with Crippen LogP contribution in [0.5, 0.6) is 17.2 Å². The van der Waals surface area contributed by atoms with Gasteiger partial charge in [0.25, 0.3) is 0 Å². The summed E-state index contributed by atoms with van der Waals surface area (Å²) >= 11 is 0. The van der Waals surface area contributed by atoms with E-state index in [0.717, 1.165) is 17.5 Å². The van der Waals surface area contributed by atoms with Crippen LogP contribution in [0.15, 0.2) is 53.4 Å². The molecule has 0 aliphatic heterocycles. The second-order valence-electron chi connectivity index (χ2n) is 8.32. The van der Waals surface area contributed by atoms with E-state index in [1.165, 1.54) is 42.5 Å². The molecule has 1 aliphatic carbocycles. The fourth-order valence-electron chi connectivity index (χ4n) is 4.08. The predicted molar refractivity (Wildman–Crippen MR) is 128 cm³/mol. The van der Waals surface area contributed by atoms with Crippen molar-refractivity contribution >= 4 is 27.6 Å². The first-order valence-corrected chi connectivity index (χ1v) is 12.5. The standard InChI is InChI=1S/C25H23FN2O7S/c1-14-11-20(28-24(30)25(31)32)18-3-2-4-19(18)23(14)35-17-9-10-21(29)22(12-17)36(33,34)27-13-15-5-7-16(26)8-6-15/h5-12,27,29H,2-4,13H2,1H3,(H,28,30)(H,31,32). The fourth-order valence-corrected chi connectivity index (χ4v) is 5.20. The predicted octanol–water partition coefficient (Wildman–Crippen LogP) is 3.62. The Morgan fingerprint density at radius 2 is 1.75 bits per heavy atom. The summed E-state index contributed by atoms with van der Waals surface area (Å²) in [5.74, 6) is -3.01. The Balaban J connectivity index is 1.60. The third-order valence-corrected chi connectivity index (χ3v) is 7.23. The smallest absolute Gasteiger partial charge is 0.394 e. The van der Waals surface area contributed by atoms with Gasteiger partial charge in [-0.15, -0.1) is 0 Å². The van der Waals surface area contributed by atoms with Crippen molar-refractivity contribution in [2.45, 2.75) is 37.6 Å². The van der Waals surface area contributed by atoms with Gasteiger partial charge < -0.3 is 20.3 Å². The summed E-state index contributed by atoms with van der Waals surface area (Å²) in [7, 11) is -4.14. The lowest BCUT2D eigenvalue weighted by Crippen LogP contribution is -2.23. The maximum absolute atomic E-state index is 13.1. The molecule has 36 heavy (non-hydrogen) atoms. The molecule has 11 heteroatoms.